The summed E-state index contributed by atoms with van der Waals surface area (Å²) in [6, 6.07) is 0. The van der Waals surface area contributed by atoms with Gasteiger partial charge in [-0.2, -0.15) is 0 Å². The molecule has 0 N–H and O–H groups in total. The molecule has 0 aliphatic carbocycles. The van der Waals surface area contributed by atoms with Crippen LogP contribution in [0, 0.1) is 5.41 Å². The fourth-order valence-electron chi connectivity index (χ4n) is 0.492. The van der Waals surface area contributed by atoms with E-state index >= 15 is 0 Å². The van der Waals surface area contributed by atoms with Crippen molar-refractivity contribution in [2.45, 2.75) is 27.2 Å². The van der Waals surface area contributed by atoms with Crippen LogP contribution in [0.2, 0.25) is 0 Å². The standard InChI is InChI=1S/C7H16O2S/c1-7(2,3)5-6-10(4,8)9/h5-6H2,1-4H3. The Kier molecular flexibility index (Phi) is 2.89. The molecule has 0 aromatic heterocycles. The molecular formula is C7H16O2S. The first-order chi connectivity index (χ1) is 4.21. The van der Waals surface area contributed by atoms with Crippen molar-refractivity contribution in [3.05, 3.63) is 0 Å². The Hall–Kier alpha value is -0.0500. The fourth-order valence-corrected chi connectivity index (χ4v) is 1.47. The quantitative estimate of drug-likeness (QED) is 0.619. The van der Waals surface area contributed by atoms with E-state index in [1.165, 1.54) is 6.26 Å². The lowest BCUT2D eigenvalue weighted by Gasteiger charge is -2.16. The van der Waals surface area contributed by atoms with Crippen molar-refractivity contribution in [3.8, 4) is 0 Å². The van der Waals surface area contributed by atoms with Crippen LogP contribution >= 0.6 is 0 Å². The van der Waals surface area contributed by atoms with Gasteiger partial charge in [0.05, 0.1) is 5.75 Å². The van der Waals surface area contributed by atoms with Gasteiger partial charge < -0.3 is 0 Å². The Morgan fingerprint density at radius 1 is 1.20 bits per heavy atom. The van der Waals surface area contributed by atoms with E-state index in [9.17, 15) is 8.42 Å². The minimum atomic E-state index is -2.76. The molecular weight excluding hydrogens is 148 g/mol. The monoisotopic (exact) mass is 164 g/mol. The second-order valence-electron chi connectivity index (χ2n) is 3.94. The van der Waals surface area contributed by atoms with Crippen LogP contribution in [-0.2, 0) is 9.84 Å². The van der Waals surface area contributed by atoms with Gasteiger partial charge in [0.15, 0.2) is 0 Å². The van der Waals surface area contributed by atoms with E-state index in [-0.39, 0.29) is 5.41 Å². The first-order valence-electron chi connectivity index (χ1n) is 3.38. The van der Waals surface area contributed by atoms with Gasteiger partial charge >= 0.3 is 0 Å². The molecule has 0 rings (SSSR count). The van der Waals surface area contributed by atoms with E-state index in [0.29, 0.717) is 5.75 Å². The number of hydrogen-bond donors (Lipinski definition) is 0. The highest BCUT2D eigenvalue weighted by molar-refractivity contribution is 7.90. The molecule has 0 fully saturated rings. The van der Waals surface area contributed by atoms with Gasteiger partial charge in [-0.05, 0) is 11.8 Å². The van der Waals surface area contributed by atoms with Gasteiger partial charge in [-0.15, -0.1) is 0 Å². The fraction of sp³-hybridized carbons (Fsp3) is 1.00. The zero-order valence-electron chi connectivity index (χ0n) is 7.14. The van der Waals surface area contributed by atoms with Crippen LogP contribution in [-0.4, -0.2) is 20.4 Å². The topological polar surface area (TPSA) is 34.1 Å². The van der Waals surface area contributed by atoms with E-state index in [1.54, 1.807) is 0 Å². The third-order valence-corrected chi connectivity index (χ3v) is 2.17. The van der Waals surface area contributed by atoms with Crippen molar-refractivity contribution in [2.24, 2.45) is 5.41 Å². The third kappa shape index (κ3) is 7.95. The molecule has 0 aliphatic rings. The molecule has 0 aromatic carbocycles. The molecule has 0 atom stereocenters. The van der Waals surface area contributed by atoms with Crippen LogP contribution < -0.4 is 0 Å². The summed E-state index contributed by atoms with van der Waals surface area (Å²) in [6.45, 7) is 6.12. The molecule has 2 nitrogen and oxygen atoms in total. The van der Waals surface area contributed by atoms with Crippen LogP contribution in [0.15, 0.2) is 0 Å². The van der Waals surface area contributed by atoms with Gasteiger partial charge in [-0.25, -0.2) is 8.42 Å². The maximum absolute atomic E-state index is 10.7. The van der Waals surface area contributed by atoms with Crippen LogP contribution in [0.5, 0.6) is 0 Å². The summed E-state index contributed by atoms with van der Waals surface area (Å²) in [5.41, 5.74) is 0.128. The molecule has 0 aliphatic heterocycles. The van der Waals surface area contributed by atoms with Gasteiger partial charge in [0.25, 0.3) is 0 Å². The summed E-state index contributed by atoms with van der Waals surface area (Å²) in [5, 5.41) is 0. The normalized spacial score (nSPS) is 13.6. The first-order valence-corrected chi connectivity index (χ1v) is 5.44. The van der Waals surface area contributed by atoms with Crippen molar-refractivity contribution in [1.29, 1.82) is 0 Å². The lowest BCUT2D eigenvalue weighted by molar-refractivity contribution is 0.397. The van der Waals surface area contributed by atoms with Gasteiger partial charge in [-0.3, -0.25) is 0 Å². The molecule has 10 heavy (non-hydrogen) atoms. The average Bonchev–Trinajstić information content (AvgIpc) is 1.57. The highest BCUT2D eigenvalue weighted by Gasteiger charge is 2.13. The predicted octanol–water partition coefficient (Wildman–Crippen LogP) is 1.47. The zero-order chi connectivity index (χ0) is 8.41. The van der Waals surface area contributed by atoms with Crippen molar-refractivity contribution in [1.82, 2.24) is 0 Å². The molecule has 0 saturated heterocycles. The largest absolute Gasteiger partial charge is 0.229 e. The smallest absolute Gasteiger partial charge is 0.147 e. The van der Waals surface area contributed by atoms with Crippen LogP contribution in [0.25, 0.3) is 0 Å². The second kappa shape index (κ2) is 2.91. The van der Waals surface area contributed by atoms with Crippen molar-refractivity contribution in [2.75, 3.05) is 12.0 Å². The lowest BCUT2D eigenvalue weighted by Crippen LogP contribution is -2.13. The zero-order valence-corrected chi connectivity index (χ0v) is 7.96. The maximum Gasteiger partial charge on any atom is 0.147 e. The second-order valence-corrected chi connectivity index (χ2v) is 6.20. The molecule has 0 aromatic rings. The summed E-state index contributed by atoms with van der Waals surface area (Å²) in [5.74, 6) is 0.302. The summed E-state index contributed by atoms with van der Waals surface area (Å²) in [4.78, 5) is 0. The van der Waals surface area contributed by atoms with Crippen molar-refractivity contribution in [3.63, 3.8) is 0 Å². The maximum atomic E-state index is 10.7. The molecule has 3 heteroatoms. The third-order valence-electron chi connectivity index (χ3n) is 1.22. The Morgan fingerprint density at radius 2 is 1.60 bits per heavy atom. The molecule has 0 amide bonds. The molecule has 0 radical (unpaired) electrons. The van der Waals surface area contributed by atoms with Crippen molar-refractivity contribution >= 4 is 9.84 Å². The van der Waals surface area contributed by atoms with E-state index in [2.05, 4.69) is 0 Å². The summed E-state index contributed by atoms with van der Waals surface area (Å²) in [7, 11) is -2.76. The Balaban J connectivity index is 3.79. The summed E-state index contributed by atoms with van der Waals surface area (Å²) in [6.07, 6.45) is 2.02. The highest BCUT2D eigenvalue weighted by Crippen LogP contribution is 2.18. The Labute approximate surface area is 63.6 Å². The Morgan fingerprint density at radius 3 is 1.70 bits per heavy atom. The minimum absolute atomic E-state index is 0.128. The SMILES string of the molecule is CC(C)(C)CCS(C)(=O)=O. The molecule has 0 bridgehead atoms. The van der Waals surface area contributed by atoms with E-state index in [4.69, 9.17) is 0 Å². The van der Waals surface area contributed by atoms with E-state index in [1.807, 2.05) is 20.8 Å². The van der Waals surface area contributed by atoms with Gasteiger partial charge in [-0.1, -0.05) is 20.8 Å². The van der Waals surface area contributed by atoms with Gasteiger partial charge in [0, 0.05) is 6.26 Å². The van der Waals surface area contributed by atoms with Crippen LogP contribution in [0.1, 0.15) is 27.2 Å². The molecule has 0 heterocycles. The molecule has 0 saturated carbocycles. The average molecular weight is 164 g/mol. The highest BCUT2D eigenvalue weighted by atomic mass is 32.2. The van der Waals surface area contributed by atoms with Crippen LogP contribution in [0.4, 0.5) is 0 Å². The van der Waals surface area contributed by atoms with E-state index in [0.717, 1.165) is 6.42 Å². The van der Waals surface area contributed by atoms with Gasteiger partial charge in [0.2, 0.25) is 0 Å². The molecule has 0 unspecified atom stereocenters. The number of sulfone groups is 1. The number of rotatable bonds is 2. The van der Waals surface area contributed by atoms with Gasteiger partial charge in [0.1, 0.15) is 9.84 Å². The minimum Gasteiger partial charge on any atom is -0.229 e. The summed E-state index contributed by atoms with van der Waals surface area (Å²) >= 11 is 0. The molecule has 62 valence electrons. The van der Waals surface area contributed by atoms with E-state index < -0.39 is 9.84 Å². The van der Waals surface area contributed by atoms with Crippen molar-refractivity contribution < 1.29 is 8.42 Å². The summed E-state index contributed by atoms with van der Waals surface area (Å²) < 4.78 is 21.4. The van der Waals surface area contributed by atoms with Crippen LogP contribution in [0.3, 0.4) is 0 Å². The number of hydrogen-bond acceptors (Lipinski definition) is 2. The Bertz CT molecular complexity index is 184. The molecule has 0 spiro atoms. The predicted molar refractivity (Wildman–Crippen MR) is 43.8 cm³/mol. The lowest BCUT2D eigenvalue weighted by atomic mass is 9.94. The first kappa shape index (κ1) is 9.95.